The highest BCUT2D eigenvalue weighted by atomic mass is 16.1. The molecule has 3 heteroatoms. The minimum absolute atomic E-state index is 0.0472. The van der Waals surface area contributed by atoms with Crippen LogP contribution in [-0.4, -0.2) is 5.91 Å². The normalized spacial score (nSPS) is 12.0. The summed E-state index contributed by atoms with van der Waals surface area (Å²) in [5, 5.41) is 6.36. The molecule has 0 saturated carbocycles. The lowest BCUT2D eigenvalue weighted by molar-refractivity contribution is -0.114. The predicted molar refractivity (Wildman–Crippen MR) is 87.2 cm³/mol. The molecule has 0 spiro atoms. The van der Waals surface area contributed by atoms with Gasteiger partial charge in [0.15, 0.2) is 0 Å². The number of rotatable bonds is 5. The molecule has 110 valence electrons. The third kappa shape index (κ3) is 4.43. The summed E-state index contributed by atoms with van der Waals surface area (Å²) in [5.41, 5.74) is 4.49. The van der Waals surface area contributed by atoms with Crippen molar-refractivity contribution < 1.29 is 4.79 Å². The maximum Gasteiger partial charge on any atom is 0.221 e. The van der Waals surface area contributed by atoms with Gasteiger partial charge >= 0.3 is 0 Å². The number of para-hydroxylation sites is 1. The summed E-state index contributed by atoms with van der Waals surface area (Å²) in [4.78, 5) is 11.2. The van der Waals surface area contributed by atoms with Gasteiger partial charge in [-0.25, -0.2) is 0 Å². The largest absolute Gasteiger partial charge is 0.326 e. The minimum atomic E-state index is -0.0472. The first-order valence-corrected chi connectivity index (χ1v) is 7.21. The van der Waals surface area contributed by atoms with Crippen LogP contribution in [0.25, 0.3) is 0 Å². The van der Waals surface area contributed by atoms with E-state index < -0.39 is 0 Å². The van der Waals surface area contributed by atoms with Crippen LogP contribution in [0, 0.1) is 6.92 Å². The molecular formula is C18H22N2O. The van der Waals surface area contributed by atoms with E-state index in [0.717, 1.165) is 11.3 Å². The number of carbonyl (C=O) groups is 1. The van der Waals surface area contributed by atoms with E-state index in [0.29, 0.717) is 6.54 Å². The van der Waals surface area contributed by atoms with Crippen LogP contribution in [0.5, 0.6) is 0 Å². The number of nitrogens with one attached hydrogen (secondary N) is 2. The molecule has 0 aliphatic carbocycles. The van der Waals surface area contributed by atoms with Gasteiger partial charge in [0, 0.05) is 25.2 Å². The second kappa shape index (κ2) is 7.04. The summed E-state index contributed by atoms with van der Waals surface area (Å²) in [5.74, 6) is -0.0472. The molecular weight excluding hydrogens is 260 g/mol. The Labute approximate surface area is 126 Å². The highest BCUT2D eigenvalue weighted by Crippen LogP contribution is 2.18. The van der Waals surface area contributed by atoms with E-state index in [1.165, 1.54) is 18.1 Å². The molecule has 3 nitrogen and oxygen atoms in total. The monoisotopic (exact) mass is 282 g/mol. The molecule has 0 aromatic heterocycles. The van der Waals surface area contributed by atoms with Gasteiger partial charge in [0.2, 0.25) is 5.91 Å². The number of aryl methyl sites for hydroxylation is 1. The van der Waals surface area contributed by atoms with E-state index in [1.807, 2.05) is 24.3 Å². The number of carbonyl (C=O) groups excluding carboxylic acids is 1. The molecule has 2 aromatic carbocycles. The smallest absolute Gasteiger partial charge is 0.221 e. The molecule has 1 amide bonds. The quantitative estimate of drug-likeness (QED) is 0.875. The molecule has 0 aliphatic rings. The highest BCUT2D eigenvalue weighted by Gasteiger charge is 2.07. The number of hydrogen-bond acceptors (Lipinski definition) is 2. The van der Waals surface area contributed by atoms with Crippen LogP contribution in [0.1, 0.15) is 36.6 Å². The van der Waals surface area contributed by atoms with Crippen molar-refractivity contribution in [1.29, 1.82) is 0 Å². The fourth-order valence-corrected chi connectivity index (χ4v) is 2.22. The molecule has 0 fully saturated rings. The Balaban J connectivity index is 2.02. The summed E-state index contributed by atoms with van der Waals surface area (Å²) in [6, 6.07) is 16.7. The summed E-state index contributed by atoms with van der Waals surface area (Å²) >= 11 is 0. The lowest BCUT2D eigenvalue weighted by atomic mass is 10.1. The van der Waals surface area contributed by atoms with Crippen LogP contribution in [-0.2, 0) is 11.3 Å². The Morgan fingerprint density at radius 2 is 1.76 bits per heavy atom. The predicted octanol–water partition coefficient (Wildman–Crippen LogP) is 3.80. The number of amides is 1. The molecule has 1 atom stereocenters. The summed E-state index contributed by atoms with van der Waals surface area (Å²) < 4.78 is 0. The molecule has 0 aliphatic heterocycles. The van der Waals surface area contributed by atoms with E-state index in [-0.39, 0.29) is 11.9 Å². The van der Waals surface area contributed by atoms with Crippen molar-refractivity contribution in [2.45, 2.75) is 33.4 Å². The lowest BCUT2D eigenvalue weighted by Gasteiger charge is -2.16. The van der Waals surface area contributed by atoms with Gasteiger partial charge < -0.3 is 10.6 Å². The molecule has 21 heavy (non-hydrogen) atoms. The molecule has 2 N–H and O–H groups in total. The Morgan fingerprint density at radius 3 is 2.43 bits per heavy atom. The molecule has 0 unspecified atom stereocenters. The third-order valence-electron chi connectivity index (χ3n) is 3.50. The first kappa shape index (κ1) is 15.3. The second-order valence-corrected chi connectivity index (χ2v) is 5.35. The van der Waals surface area contributed by atoms with Crippen molar-refractivity contribution in [3.05, 3.63) is 65.2 Å². The van der Waals surface area contributed by atoms with Crippen molar-refractivity contribution in [2.24, 2.45) is 0 Å². The van der Waals surface area contributed by atoms with Gasteiger partial charge in [-0.15, -0.1) is 0 Å². The van der Waals surface area contributed by atoms with Gasteiger partial charge in [0.05, 0.1) is 0 Å². The fraction of sp³-hybridized carbons (Fsp3) is 0.278. The topological polar surface area (TPSA) is 41.1 Å². The third-order valence-corrected chi connectivity index (χ3v) is 3.50. The van der Waals surface area contributed by atoms with Gasteiger partial charge in [0.1, 0.15) is 0 Å². The molecule has 0 bridgehead atoms. The van der Waals surface area contributed by atoms with E-state index in [2.05, 4.69) is 48.7 Å². The number of anilines is 1. The van der Waals surface area contributed by atoms with E-state index >= 15 is 0 Å². The molecule has 0 radical (unpaired) electrons. The maximum atomic E-state index is 11.2. The maximum absolute atomic E-state index is 11.2. The molecule has 0 saturated heterocycles. The van der Waals surface area contributed by atoms with Crippen molar-refractivity contribution in [2.75, 3.05) is 5.32 Å². The van der Waals surface area contributed by atoms with Crippen molar-refractivity contribution in [3.8, 4) is 0 Å². The van der Waals surface area contributed by atoms with Crippen LogP contribution >= 0.6 is 0 Å². The molecule has 2 rings (SSSR count). The van der Waals surface area contributed by atoms with Gasteiger partial charge in [-0.05, 0) is 31.0 Å². The highest BCUT2D eigenvalue weighted by molar-refractivity contribution is 5.89. The average molecular weight is 282 g/mol. The zero-order chi connectivity index (χ0) is 15.2. The summed E-state index contributed by atoms with van der Waals surface area (Å²) in [7, 11) is 0. The van der Waals surface area contributed by atoms with Crippen LogP contribution in [0.15, 0.2) is 48.5 Å². The Bertz CT molecular complexity index is 605. The minimum Gasteiger partial charge on any atom is -0.326 e. The summed E-state index contributed by atoms with van der Waals surface area (Å²) in [6.45, 7) is 6.47. The van der Waals surface area contributed by atoms with Crippen LogP contribution in [0.3, 0.4) is 0 Å². The van der Waals surface area contributed by atoms with Gasteiger partial charge in [-0.3, -0.25) is 4.79 Å². The van der Waals surface area contributed by atoms with Crippen molar-refractivity contribution in [1.82, 2.24) is 5.32 Å². The standard InChI is InChI=1S/C18H22N2O/c1-13-8-10-16(11-9-13)14(2)19-12-17-6-4-5-7-18(17)20-15(3)21/h4-11,14,19H,12H2,1-3H3,(H,20,21)/t14-/m0/s1. The Morgan fingerprint density at radius 1 is 1.10 bits per heavy atom. The number of benzene rings is 2. The SMILES string of the molecule is CC(=O)Nc1ccccc1CN[C@@H](C)c1ccc(C)cc1. The second-order valence-electron chi connectivity index (χ2n) is 5.35. The van der Waals surface area contributed by atoms with Crippen LogP contribution < -0.4 is 10.6 Å². The Hall–Kier alpha value is -2.13. The van der Waals surface area contributed by atoms with E-state index in [9.17, 15) is 4.79 Å². The first-order chi connectivity index (χ1) is 10.1. The Kier molecular flexibility index (Phi) is 5.12. The van der Waals surface area contributed by atoms with Crippen molar-refractivity contribution in [3.63, 3.8) is 0 Å². The zero-order valence-corrected chi connectivity index (χ0v) is 12.8. The van der Waals surface area contributed by atoms with Crippen molar-refractivity contribution >= 4 is 11.6 Å². The lowest BCUT2D eigenvalue weighted by Crippen LogP contribution is -2.19. The first-order valence-electron chi connectivity index (χ1n) is 7.21. The van der Waals surface area contributed by atoms with Crippen LogP contribution in [0.2, 0.25) is 0 Å². The van der Waals surface area contributed by atoms with Gasteiger partial charge in [-0.1, -0.05) is 48.0 Å². The zero-order valence-electron chi connectivity index (χ0n) is 12.8. The average Bonchev–Trinajstić information content (AvgIpc) is 2.46. The van der Waals surface area contributed by atoms with Crippen LogP contribution in [0.4, 0.5) is 5.69 Å². The fourth-order valence-electron chi connectivity index (χ4n) is 2.22. The van der Waals surface area contributed by atoms with Gasteiger partial charge in [0.25, 0.3) is 0 Å². The van der Waals surface area contributed by atoms with E-state index in [4.69, 9.17) is 0 Å². The summed E-state index contributed by atoms with van der Waals surface area (Å²) in [6.07, 6.45) is 0. The van der Waals surface area contributed by atoms with E-state index in [1.54, 1.807) is 0 Å². The van der Waals surface area contributed by atoms with Gasteiger partial charge in [-0.2, -0.15) is 0 Å². The number of hydrogen-bond donors (Lipinski definition) is 2. The molecule has 2 aromatic rings. The molecule has 0 heterocycles.